The third-order valence-corrected chi connectivity index (χ3v) is 7.76. The molecule has 0 atom stereocenters. The summed E-state index contributed by atoms with van der Waals surface area (Å²) in [6.45, 7) is 7.29. The van der Waals surface area contributed by atoms with Crippen molar-refractivity contribution in [2.75, 3.05) is 7.11 Å². The van der Waals surface area contributed by atoms with Gasteiger partial charge in [0.1, 0.15) is 17.1 Å². The van der Waals surface area contributed by atoms with Crippen LogP contribution in [-0.2, 0) is 9.84 Å². The predicted octanol–water partition coefficient (Wildman–Crippen LogP) is 5.07. The van der Waals surface area contributed by atoms with Gasteiger partial charge >= 0.3 is 0 Å². The van der Waals surface area contributed by atoms with E-state index in [0.717, 1.165) is 5.56 Å². The van der Waals surface area contributed by atoms with E-state index >= 15 is 0 Å². The molecule has 0 saturated heterocycles. The second kappa shape index (κ2) is 8.55. The van der Waals surface area contributed by atoms with Crippen LogP contribution in [0.1, 0.15) is 33.7 Å². The predicted molar refractivity (Wildman–Crippen MR) is 125 cm³/mol. The number of imidazole rings is 1. The summed E-state index contributed by atoms with van der Waals surface area (Å²) in [6.07, 6.45) is 3.32. The van der Waals surface area contributed by atoms with E-state index < -0.39 is 20.9 Å². The number of benzene rings is 2. The van der Waals surface area contributed by atoms with Gasteiger partial charge in [-0.2, -0.15) is 5.10 Å². The van der Waals surface area contributed by atoms with E-state index in [1.165, 1.54) is 25.3 Å². The van der Waals surface area contributed by atoms with Gasteiger partial charge in [0.25, 0.3) is 0 Å². The molecule has 9 heteroatoms. The van der Waals surface area contributed by atoms with Crippen LogP contribution >= 0.6 is 0 Å². The number of fused-ring (bicyclic) bond motifs is 1. The summed E-state index contributed by atoms with van der Waals surface area (Å²) in [7, 11) is -2.07. The lowest BCUT2D eigenvalue weighted by molar-refractivity contribution is 0.414. The summed E-state index contributed by atoms with van der Waals surface area (Å²) in [5, 5.41) is 7.76. The van der Waals surface area contributed by atoms with Gasteiger partial charge in [-0.3, -0.25) is 0 Å². The maximum Gasteiger partial charge on any atom is 0.183 e. The van der Waals surface area contributed by atoms with Crippen LogP contribution in [0.3, 0.4) is 0 Å². The number of halogens is 1. The van der Waals surface area contributed by atoms with Crippen LogP contribution in [0.2, 0.25) is 0 Å². The zero-order valence-corrected chi connectivity index (χ0v) is 19.9. The lowest BCUT2D eigenvalue weighted by atomic mass is 9.98. The van der Waals surface area contributed by atoms with Gasteiger partial charge in [-0.15, -0.1) is 5.10 Å². The summed E-state index contributed by atoms with van der Waals surface area (Å²) >= 11 is 0. The molecule has 0 unspecified atom stereocenters. The van der Waals surface area contributed by atoms with E-state index in [-0.39, 0.29) is 22.3 Å². The van der Waals surface area contributed by atoms with Crippen molar-refractivity contribution < 1.29 is 17.5 Å². The van der Waals surface area contributed by atoms with Crippen molar-refractivity contribution in [3.05, 3.63) is 54.7 Å². The Morgan fingerprint density at radius 1 is 1.00 bits per heavy atom. The van der Waals surface area contributed by atoms with Crippen LogP contribution in [-0.4, -0.2) is 40.5 Å². The first kappa shape index (κ1) is 22.8. The summed E-state index contributed by atoms with van der Waals surface area (Å²) in [5.74, 6) is -0.183. The topological polar surface area (TPSA) is 87.0 Å². The fraction of sp³-hybridized carbons (Fsp3) is 0.292. The van der Waals surface area contributed by atoms with Crippen LogP contribution in [0.15, 0.2) is 53.8 Å². The fourth-order valence-corrected chi connectivity index (χ4v) is 4.75. The Morgan fingerprint density at radius 3 is 2.42 bits per heavy atom. The van der Waals surface area contributed by atoms with Gasteiger partial charge in [-0.05, 0) is 63.6 Å². The van der Waals surface area contributed by atoms with Gasteiger partial charge in [0.05, 0.1) is 29.8 Å². The maximum absolute atomic E-state index is 15.0. The lowest BCUT2D eigenvalue weighted by Crippen LogP contribution is -2.14. The van der Waals surface area contributed by atoms with Crippen molar-refractivity contribution in [2.45, 2.75) is 43.9 Å². The standard InChI is InChI=1S/C24H25FN4O3S/c1-14(2)29-13-26-23-20(12-27-28-24(23)29)16-6-9-21(25)19(10-16)18-8-7-17(11-22(18)32-5)33(30,31)15(3)4/h6-15H,1-5H3. The van der Waals surface area contributed by atoms with Crippen molar-refractivity contribution in [3.8, 4) is 28.0 Å². The molecule has 0 N–H and O–H groups in total. The van der Waals surface area contributed by atoms with E-state index in [1.54, 1.807) is 44.6 Å². The monoisotopic (exact) mass is 468 g/mol. The Morgan fingerprint density at radius 2 is 1.76 bits per heavy atom. The Bertz CT molecular complexity index is 1450. The molecule has 4 aromatic rings. The van der Waals surface area contributed by atoms with Crippen LogP contribution in [0.4, 0.5) is 4.39 Å². The highest BCUT2D eigenvalue weighted by atomic mass is 32.2. The zero-order valence-electron chi connectivity index (χ0n) is 19.1. The highest BCUT2D eigenvalue weighted by Gasteiger charge is 2.22. The molecule has 7 nitrogen and oxygen atoms in total. The molecule has 0 aliphatic carbocycles. The minimum absolute atomic E-state index is 0.133. The molecule has 172 valence electrons. The van der Waals surface area contributed by atoms with Crippen molar-refractivity contribution in [1.29, 1.82) is 0 Å². The Balaban J connectivity index is 1.87. The van der Waals surface area contributed by atoms with Gasteiger partial charge in [0.2, 0.25) is 0 Å². The van der Waals surface area contributed by atoms with E-state index in [1.807, 2.05) is 18.4 Å². The highest BCUT2D eigenvalue weighted by Crippen LogP contribution is 2.37. The van der Waals surface area contributed by atoms with Crippen LogP contribution in [0.5, 0.6) is 5.75 Å². The van der Waals surface area contributed by atoms with E-state index in [4.69, 9.17) is 4.74 Å². The Labute approximate surface area is 192 Å². The molecule has 0 fully saturated rings. The number of hydrogen-bond donors (Lipinski definition) is 0. The van der Waals surface area contributed by atoms with E-state index in [2.05, 4.69) is 15.2 Å². The van der Waals surface area contributed by atoms with Gasteiger partial charge in [0, 0.05) is 22.7 Å². The number of ether oxygens (including phenoxy) is 1. The zero-order chi connectivity index (χ0) is 23.9. The number of sulfone groups is 1. The molecule has 0 radical (unpaired) electrons. The molecule has 2 aromatic heterocycles. The first-order chi connectivity index (χ1) is 15.6. The molecule has 0 aliphatic rings. The van der Waals surface area contributed by atoms with Gasteiger partial charge in [-0.25, -0.2) is 17.8 Å². The molecule has 2 aromatic carbocycles. The number of rotatable bonds is 6. The van der Waals surface area contributed by atoms with Crippen molar-refractivity contribution in [1.82, 2.24) is 19.7 Å². The molecule has 0 spiro atoms. The molecule has 4 rings (SSSR count). The third kappa shape index (κ3) is 3.97. The number of nitrogens with zero attached hydrogens (tertiary/aromatic N) is 4. The average Bonchev–Trinajstić information content (AvgIpc) is 3.23. The SMILES string of the molecule is COc1cc(S(=O)(=O)C(C)C)ccc1-c1cc(-c2cnnc3c2ncn3C(C)C)ccc1F. The van der Waals surface area contributed by atoms with Crippen LogP contribution in [0.25, 0.3) is 33.4 Å². The third-order valence-electron chi connectivity index (χ3n) is 5.61. The molecular formula is C24H25FN4O3S. The lowest BCUT2D eigenvalue weighted by Gasteiger charge is -2.14. The molecule has 0 aliphatic heterocycles. The second-order valence-corrected chi connectivity index (χ2v) is 10.8. The molecule has 0 saturated carbocycles. The summed E-state index contributed by atoms with van der Waals surface area (Å²) in [4.78, 5) is 4.64. The summed E-state index contributed by atoms with van der Waals surface area (Å²) in [5.41, 5.74) is 3.48. The number of aromatic nitrogens is 4. The smallest absolute Gasteiger partial charge is 0.183 e. The van der Waals surface area contributed by atoms with Crippen LogP contribution in [0, 0.1) is 5.82 Å². The summed E-state index contributed by atoms with van der Waals surface area (Å²) in [6, 6.07) is 9.37. The van der Waals surface area contributed by atoms with Crippen molar-refractivity contribution in [3.63, 3.8) is 0 Å². The summed E-state index contributed by atoms with van der Waals surface area (Å²) < 4.78 is 47.5. The van der Waals surface area contributed by atoms with Crippen LogP contribution < -0.4 is 4.74 Å². The van der Waals surface area contributed by atoms with Crippen molar-refractivity contribution in [2.24, 2.45) is 0 Å². The van der Waals surface area contributed by atoms with Gasteiger partial charge in [-0.1, -0.05) is 6.07 Å². The first-order valence-electron chi connectivity index (χ1n) is 10.6. The minimum Gasteiger partial charge on any atom is -0.496 e. The Kier molecular flexibility index (Phi) is 5.92. The average molecular weight is 469 g/mol. The molecule has 0 amide bonds. The first-order valence-corrected chi connectivity index (χ1v) is 12.1. The second-order valence-electron chi connectivity index (χ2n) is 8.33. The quantitative estimate of drug-likeness (QED) is 0.393. The Hall–Kier alpha value is -3.33. The van der Waals surface area contributed by atoms with E-state index in [9.17, 15) is 12.8 Å². The fourth-order valence-electron chi connectivity index (χ4n) is 3.68. The van der Waals surface area contributed by atoms with E-state index in [0.29, 0.717) is 22.3 Å². The largest absolute Gasteiger partial charge is 0.496 e. The minimum atomic E-state index is -3.50. The van der Waals surface area contributed by atoms with Gasteiger partial charge < -0.3 is 9.30 Å². The van der Waals surface area contributed by atoms with Gasteiger partial charge in [0.15, 0.2) is 15.5 Å². The molecule has 0 bridgehead atoms. The normalized spacial score (nSPS) is 12.1. The number of hydrogen-bond acceptors (Lipinski definition) is 6. The molecular weight excluding hydrogens is 443 g/mol. The number of methoxy groups -OCH3 is 1. The van der Waals surface area contributed by atoms with Crippen molar-refractivity contribution >= 4 is 21.0 Å². The highest BCUT2D eigenvalue weighted by molar-refractivity contribution is 7.92. The molecule has 33 heavy (non-hydrogen) atoms. The maximum atomic E-state index is 15.0. The molecule has 2 heterocycles.